The molecule has 2 aromatic carbocycles. The molecule has 0 unspecified atom stereocenters. The van der Waals surface area contributed by atoms with Crippen molar-refractivity contribution in [3.8, 4) is 0 Å². The molecule has 2 aromatic rings. The summed E-state index contributed by atoms with van der Waals surface area (Å²) in [6.07, 6.45) is 4.44. The van der Waals surface area contributed by atoms with Gasteiger partial charge in [-0.2, -0.15) is 0 Å². The van der Waals surface area contributed by atoms with Crippen molar-refractivity contribution in [2.75, 3.05) is 13.7 Å². The summed E-state index contributed by atoms with van der Waals surface area (Å²) in [6.45, 7) is 1.58. The van der Waals surface area contributed by atoms with Gasteiger partial charge < -0.3 is 14.8 Å². The molecule has 0 heterocycles. The van der Waals surface area contributed by atoms with Crippen molar-refractivity contribution in [2.45, 2.75) is 25.8 Å². The van der Waals surface area contributed by atoms with E-state index in [4.69, 9.17) is 4.74 Å². The van der Waals surface area contributed by atoms with Crippen LogP contribution in [0.4, 0.5) is 0 Å². The SMILES string of the molecule is COC(=O)c1ccc(/C=C\C(=O)OCC(=O)N[C@H](C)CCc2ccccc2)cc1. The Kier molecular flexibility index (Phi) is 8.63. The van der Waals surface area contributed by atoms with Crippen molar-refractivity contribution in [2.24, 2.45) is 0 Å². The van der Waals surface area contributed by atoms with E-state index in [2.05, 4.69) is 10.1 Å². The molecule has 0 aliphatic carbocycles. The minimum absolute atomic E-state index is 0.0229. The van der Waals surface area contributed by atoms with E-state index in [9.17, 15) is 14.4 Å². The zero-order valence-corrected chi connectivity index (χ0v) is 16.6. The van der Waals surface area contributed by atoms with Crippen molar-refractivity contribution < 1.29 is 23.9 Å². The number of rotatable bonds is 9. The monoisotopic (exact) mass is 395 g/mol. The third kappa shape index (κ3) is 8.01. The topological polar surface area (TPSA) is 81.7 Å². The third-order valence-electron chi connectivity index (χ3n) is 4.21. The highest BCUT2D eigenvalue weighted by atomic mass is 16.5. The molecular formula is C23H25NO5. The van der Waals surface area contributed by atoms with Crippen molar-refractivity contribution in [3.63, 3.8) is 0 Å². The van der Waals surface area contributed by atoms with Crippen LogP contribution in [0.15, 0.2) is 60.7 Å². The number of amides is 1. The molecule has 0 saturated heterocycles. The Morgan fingerprint density at radius 3 is 2.38 bits per heavy atom. The summed E-state index contributed by atoms with van der Waals surface area (Å²) in [5.74, 6) is -1.38. The van der Waals surface area contributed by atoms with Crippen LogP contribution in [0.1, 0.15) is 34.8 Å². The zero-order chi connectivity index (χ0) is 21.1. The maximum absolute atomic E-state index is 11.9. The van der Waals surface area contributed by atoms with Crippen LogP contribution in [-0.4, -0.2) is 37.6 Å². The van der Waals surface area contributed by atoms with Crippen LogP contribution in [-0.2, 0) is 25.5 Å². The lowest BCUT2D eigenvalue weighted by molar-refractivity contribution is -0.144. The first-order chi connectivity index (χ1) is 14.0. The Hall–Kier alpha value is -3.41. The molecule has 0 spiro atoms. The zero-order valence-electron chi connectivity index (χ0n) is 16.6. The van der Waals surface area contributed by atoms with E-state index in [-0.39, 0.29) is 18.6 Å². The van der Waals surface area contributed by atoms with Gasteiger partial charge in [0.1, 0.15) is 0 Å². The maximum Gasteiger partial charge on any atom is 0.337 e. The Morgan fingerprint density at radius 1 is 1.03 bits per heavy atom. The molecule has 0 aliphatic rings. The normalized spacial score (nSPS) is 11.7. The molecule has 1 amide bonds. The second-order valence-electron chi connectivity index (χ2n) is 6.55. The van der Waals surface area contributed by atoms with Gasteiger partial charge in [-0.1, -0.05) is 42.5 Å². The number of methoxy groups -OCH3 is 1. The smallest absolute Gasteiger partial charge is 0.337 e. The number of carbonyl (C=O) groups is 3. The van der Waals surface area contributed by atoms with Gasteiger partial charge in [0.05, 0.1) is 12.7 Å². The number of esters is 2. The second-order valence-corrected chi connectivity index (χ2v) is 6.55. The summed E-state index contributed by atoms with van der Waals surface area (Å²) in [6, 6.07) is 16.6. The lowest BCUT2D eigenvalue weighted by atomic mass is 10.1. The lowest BCUT2D eigenvalue weighted by Gasteiger charge is -2.13. The number of ether oxygens (including phenoxy) is 2. The molecule has 0 aromatic heterocycles. The number of nitrogens with one attached hydrogen (secondary N) is 1. The molecule has 0 fully saturated rings. The number of hydrogen-bond acceptors (Lipinski definition) is 5. The molecule has 6 nitrogen and oxygen atoms in total. The van der Waals surface area contributed by atoms with Crippen molar-refractivity contribution in [1.82, 2.24) is 5.32 Å². The van der Waals surface area contributed by atoms with E-state index >= 15 is 0 Å². The molecule has 1 atom stereocenters. The van der Waals surface area contributed by atoms with E-state index in [1.54, 1.807) is 30.3 Å². The number of carbonyl (C=O) groups excluding carboxylic acids is 3. The standard InChI is InChI=1S/C23H25NO5/c1-17(8-9-18-6-4-3-5-7-18)24-21(25)16-29-22(26)15-12-19-10-13-20(14-11-19)23(27)28-2/h3-7,10-15,17H,8-9,16H2,1-2H3,(H,24,25)/b15-12-/t17-/m1/s1. The fraction of sp³-hybridized carbons (Fsp3) is 0.261. The predicted molar refractivity (Wildman–Crippen MR) is 110 cm³/mol. The van der Waals surface area contributed by atoms with Crippen LogP contribution in [0.5, 0.6) is 0 Å². The van der Waals surface area contributed by atoms with E-state index in [1.807, 2.05) is 37.3 Å². The molecule has 2 rings (SSSR count). The highest BCUT2D eigenvalue weighted by Gasteiger charge is 2.09. The van der Waals surface area contributed by atoms with Crippen LogP contribution in [0.3, 0.4) is 0 Å². The van der Waals surface area contributed by atoms with Gasteiger partial charge in [0.15, 0.2) is 6.61 Å². The summed E-state index contributed by atoms with van der Waals surface area (Å²) in [5.41, 5.74) is 2.35. The van der Waals surface area contributed by atoms with E-state index < -0.39 is 11.9 Å². The first kappa shape index (κ1) is 21.9. The molecule has 29 heavy (non-hydrogen) atoms. The molecular weight excluding hydrogens is 370 g/mol. The molecule has 6 heteroatoms. The number of benzene rings is 2. The fourth-order valence-electron chi connectivity index (χ4n) is 2.61. The van der Waals surface area contributed by atoms with Crippen LogP contribution >= 0.6 is 0 Å². The summed E-state index contributed by atoms with van der Waals surface area (Å²) < 4.78 is 9.58. The average Bonchev–Trinajstić information content (AvgIpc) is 2.75. The molecule has 0 bridgehead atoms. The number of hydrogen-bond donors (Lipinski definition) is 1. The quantitative estimate of drug-likeness (QED) is 0.521. The second kappa shape index (κ2) is 11.4. The van der Waals surface area contributed by atoms with Crippen molar-refractivity contribution in [1.29, 1.82) is 0 Å². The van der Waals surface area contributed by atoms with Gasteiger partial charge in [-0.3, -0.25) is 4.79 Å². The van der Waals surface area contributed by atoms with E-state index in [0.717, 1.165) is 12.8 Å². The van der Waals surface area contributed by atoms with Gasteiger partial charge in [-0.15, -0.1) is 0 Å². The summed E-state index contributed by atoms with van der Waals surface area (Å²) in [7, 11) is 1.31. The highest BCUT2D eigenvalue weighted by Crippen LogP contribution is 2.08. The summed E-state index contributed by atoms with van der Waals surface area (Å²) in [5, 5.41) is 2.82. The summed E-state index contributed by atoms with van der Waals surface area (Å²) >= 11 is 0. The Bertz CT molecular complexity index is 843. The Labute approximate surface area is 170 Å². The van der Waals surface area contributed by atoms with E-state index in [1.165, 1.54) is 18.7 Å². The van der Waals surface area contributed by atoms with Gasteiger partial charge in [0.2, 0.25) is 0 Å². The van der Waals surface area contributed by atoms with Gasteiger partial charge in [0, 0.05) is 12.1 Å². The van der Waals surface area contributed by atoms with Crippen LogP contribution in [0.2, 0.25) is 0 Å². The van der Waals surface area contributed by atoms with Crippen LogP contribution in [0, 0.1) is 0 Å². The largest absolute Gasteiger partial charge is 0.465 e. The van der Waals surface area contributed by atoms with Crippen LogP contribution < -0.4 is 5.32 Å². The van der Waals surface area contributed by atoms with Crippen molar-refractivity contribution in [3.05, 3.63) is 77.4 Å². The molecule has 152 valence electrons. The Morgan fingerprint density at radius 2 is 1.72 bits per heavy atom. The van der Waals surface area contributed by atoms with Crippen LogP contribution in [0.25, 0.3) is 6.08 Å². The average molecular weight is 395 g/mol. The highest BCUT2D eigenvalue weighted by molar-refractivity contribution is 5.91. The minimum atomic E-state index is -0.617. The lowest BCUT2D eigenvalue weighted by Crippen LogP contribution is -2.36. The first-order valence-corrected chi connectivity index (χ1v) is 9.34. The molecule has 1 N–H and O–H groups in total. The predicted octanol–water partition coefficient (Wildman–Crippen LogP) is 3.17. The van der Waals surface area contributed by atoms with Gasteiger partial charge in [0.25, 0.3) is 5.91 Å². The number of aryl methyl sites for hydroxylation is 1. The molecule has 0 radical (unpaired) electrons. The summed E-state index contributed by atoms with van der Waals surface area (Å²) in [4.78, 5) is 35.1. The molecule has 0 aliphatic heterocycles. The fourth-order valence-corrected chi connectivity index (χ4v) is 2.61. The maximum atomic E-state index is 11.9. The van der Waals surface area contributed by atoms with Gasteiger partial charge >= 0.3 is 11.9 Å². The first-order valence-electron chi connectivity index (χ1n) is 9.34. The van der Waals surface area contributed by atoms with Gasteiger partial charge in [-0.25, -0.2) is 9.59 Å². The molecule has 0 saturated carbocycles. The van der Waals surface area contributed by atoms with Crippen molar-refractivity contribution >= 4 is 23.9 Å². The van der Waals surface area contributed by atoms with E-state index in [0.29, 0.717) is 11.1 Å². The Balaban J connectivity index is 1.70. The minimum Gasteiger partial charge on any atom is -0.465 e. The third-order valence-corrected chi connectivity index (χ3v) is 4.21. The van der Waals surface area contributed by atoms with Gasteiger partial charge in [-0.05, 0) is 49.1 Å².